The third kappa shape index (κ3) is 4.88. The summed E-state index contributed by atoms with van der Waals surface area (Å²) in [5.74, 6) is 0. The molecular weight excluding hydrogens is 247 g/mol. The van der Waals surface area contributed by atoms with Crippen LogP contribution in [0, 0.1) is 0 Å². The highest BCUT2D eigenvalue weighted by Crippen LogP contribution is 2.50. The van der Waals surface area contributed by atoms with Crippen molar-refractivity contribution in [3.05, 3.63) is 0 Å². The lowest BCUT2D eigenvalue weighted by molar-refractivity contribution is 0.158. The van der Waals surface area contributed by atoms with Crippen LogP contribution >= 0.6 is 7.37 Å². The first-order valence-electron chi connectivity index (χ1n) is 5.62. The van der Waals surface area contributed by atoms with E-state index in [1.54, 1.807) is 13.8 Å². The van der Waals surface area contributed by atoms with Gasteiger partial charge < -0.3 is 14.0 Å². The quantitative estimate of drug-likeness (QED) is 0.495. The van der Waals surface area contributed by atoms with Crippen molar-refractivity contribution in [1.29, 1.82) is 0 Å². The van der Waals surface area contributed by atoms with Crippen molar-refractivity contribution >= 4 is 18.8 Å². The van der Waals surface area contributed by atoms with Gasteiger partial charge in [0.05, 0.1) is 19.8 Å². The van der Waals surface area contributed by atoms with Crippen LogP contribution in [0.25, 0.3) is 0 Å². The van der Waals surface area contributed by atoms with Gasteiger partial charge in [0.15, 0.2) is 0 Å². The molecule has 0 aromatic carbocycles. The standard InChI is InChI=1S/C10H19O6P/c1-4-7-8-16-17(13,9(11)14-5-2)10(12)15-6-3/h4-8H2,1-3H3. The van der Waals surface area contributed by atoms with Gasteiger partial charge in [-0.05, 0) is 20.3 Å². The number of carbonyl (C=O) groups is 2. The molecule has 0 unspecified atom stereocenters. The molecule has 0 aromatic rings. The zero-order chi connectivity index (χ0) is 13.3. The fraction of sp³-hybridized carbons (Fsp3) is 0.800. The first-order chi connectivity index (χ1) is 8.02. The molecule has 0 saturated carbocycles. The molecule has 0 aromatic heterocycles. The van der Waals surface area contributed by atoms with Crippen molar-refractivity contribution in [3.63, 3.8) is 0 Å². The summed E-state index contributed by atoms with van der Waals surface area (Å²) < 4.78 is 26.2. The van der Waals surface area contributed by atoms with E-state index in [0.717, 1.165) is 6.42 Å². The Labute approximate surface area is 101 Å². The van der Waals surface area contributed by atoms with Crippen LogP contribution in [-0.2, 0) is 18.6 Å². The molecule has 0 aliphatic carbocycles. The van der Waals surface area contributed by atoms with Crippen LogP contribution in [0.3, 0.4) is 0 Å². The summed E-state index contributed by atoms with van der Waals surface area (Å²) in [4.78, 5) is 22.9. The second kappa shape index (κ2) is 8.25. The lowest BCUT2D eigenvalue weighted by Gasteiger charge is -2.14. The van der Waals surface area contributed by atoms with Gasteiger partial charge in [-0.3, -0.25) is 4.57 Å². The molecule has 0 atom stereocenters. The molecule has 6 nitrogen and oxygen atoms in total. The van der Waals surface area contributed by atoms with Crippen LogP contribution in [0.5, 0.6) is 0 Å². The molecule has 17 heavy (non-hydrogen) atoms. The van der Waals surface area contributed by atoms with Gasteiger partial charge in [-0.15, -0.1) is 0 Å². The third-order valence-corrected chi connectivity index (χ3v) is 3.55. The Balaban J connectivity index is 4.74. The smallest absolute Gasteiger partial charge is 0.413 e. The largest absolute Gasteiger partial charge is 0.458 e. The maximum absolute atomic E-state index is 12.1. The van der Waals surface area contributed by atoms with E-state index in [2.05, 4.69) is 9.47 Å². The first kappa shape index (κ1) is 16.1. The summed E-state index contributed by atoms with van der Waals surface area (Å²) in [6.07, 6.45) is 1.40. The van der Waals surface area contributed by atoms with Gasteiger partial charge in [0.1, 0.15) is 0 Å². The fourth-order valence-corrected chi connectivity index (χ4v) is 2.28. The fourth-order valence-electron chi connectivity index (χ4n) is 0.934. The molecule has 0 radical (unpaired) electrons. The van der Waals surface area contributed by atoms with Gasteiger partial charge in [-0.1, -0.05) is 13.3 Å². The van der Waals surface area contributed by atoms with E-state index in [0.29, 0.717) is 6.42 Å². The van der Waals surface area contributed by atoms with E-state index in [1.165, 1.54) is 0 Å². The third-order valence-electron chi connectivity index (χ3n) is 1.79. The predicted octanol–water partition coefficient (Wildman–Crippen LogP) is 3.39. The lowest BCUT2D eigenvalue weighted by Crippen LogP contribution is -2.15. The Morgan fingerprint density at radius 1 is 1.00 bits per heavy atom. The van der Waals surface area contributed by atoms with Gasteiger partial charge in [-0.2, -0.15) is 0 Å². The Morgan fingerprint density at radius 2 is 1.47 bits per heavy atom. The van der Waals surface area contributed by atoms with Gasteiger partial charge in [0, 0.05) is 0 Å². The Morgan fingerprint density at radius 3 is 1.82 bits per heavy atom. The molecule has 0 aliphatic heterocycles. The highest BCUT2D eigenvalue weighted by Gasteiger charge is 2.45. The van der Waals surface area contributed by atoms with Crippen molar-refractivity contribution in [1.82, 2.24) is 0 Å². The summed E-state index contributed by atoms with van der Waals surface area (Å²) >= 11 is 0. The second-order valence-electron chi connectivity index (χ2n) is 3.14. The van der Waals surface area contributed by atoms with Gasteiger partial charge in [0.25, 0.3) is 0 Å². The van der Waals surface area contributed by atoms with Gasteiger partial charge >= 0.3 is 18.8 Å². The molecule has 0 heterocycles. The maximum Gasteiger partial charge on any atom is 0.413 e. The van der Waals surface area contributed by atoms with Crippen molar-refractivity contribution < 1.29 is 28.2 Å². The minimum Gasteiger partial charge on any atom is -0.458 e. The molecular formula is C10H19O6P. The van der Waals surface area contributed by atoms with Crippen molar-refractivity contribution in [2.45, 2.75) is 33.6 Å². The molecule has 0 fully saturated rings. The van der Waals surface area contributed by atoms with Crippen LogP contribution in [0.4, 0.5) is 9.59 Å². The van der Waals surface area contributed by atoms with E-state index >= 15 is 0 Å². The van der Waals surface area contributed by atoms with Crippen LogP contribution in [0.15, 0.2) is 0 Å². The molecule has 0 amide bonds. The average Bonchev–Trinajstić information content (AvgIpc) is 2.29. The molecule has 0 rings (SSSR count). The second-order valence-corrected chi connectivity index (χ2v) is 5.23. The summed E-state index contributed by atoms with van der Waals surface area (Å²) in [6.45, 7) is 5.13. The van der Waals surface area contributed by atoms with E-state index in [9.17, 15) is 14.2 Å². The molecule has 100 valence electrons. The summed E-state index contributed by atoms with van der Waals surface area (Å²) in [5.41, 5.74) is -2.29. The van der Waals surface area contributed by atoms with Crippen LogP contribution in [0.2, 0.25) is 0 Å². The number of carbonyl (C=O) groups excluding carboxylic acids is 2. The van der Waals surface area contributed by atoms with Crippen molar-refractivity contribution in [2.24, 2.45) is 0 Å². The number of rotatable bonds is 8. The Kier molecular flexibility index (Phi) is 7.83. The number of hydrogen-bond donors (Lipinski definition) is 0. The first-order valence-corrected chi connectivity index (χ1v) is 7.24. The predicted molar refractivity (Wildman–Crippen MR) is 62.5 cm³/mol. The molecule has 0 bridgehead atoms. The van der Waals surface area contributed by atoms with Gasteiger partial charge in [-0.25, -0.2) is 9.59 Å². The van der Waals surface area contributed by atoms with E-state index in [1.807, 2.05) is 6.92 Å². The number of unbranched alkanes of at least 4 members (excludes halogenated alkanes) is 1. The molecule has 0 aliphatic rings. The van der Waals surface area contributed by atoms with Crippen LogP contribution < -0.4 is 0 Å². The van der Waals surface area contributed by atoms with Crippen LogP contribution in [-0.4, -0.2) is 31.2 Å². The SMILES string of the molecule is CCCCOP(=O)(C(=O)OCC)C(=O)OCC. The maximum atomic E-state index is 12.1. The normalized spacial score (nSPS) is 11.0. The summed E-state index contributed by atoms with van der Waals surface area (Å²) in [6, 6.07) is 0. The molecule has 0 spiro atoms. The lowest BCUT2D eigenvalue weighted by atomic mass is 10.4. The average molecular weight is 266 g/mol. The minimum atomic E-state index is -4.19. The van der Waals surface area contributed by atoms with Crippen molar-refractivity contribution in [2.75, 3.05) is 19.8 Å². The molecule has 7 heteroatoms. The van der Waals surface area contributed by atoms with E-state index < -0.39 is 18.8 Å². The topological polar surface area (TPSA) is 78.9 Å². The van der Waals surface area contributed by atoms with E-state index in [-0.39, 0.29) is 19.8 Å². The van der Waals surface area contributed by atoms with Crippen LogP contribution in [0.1, 0.15) is 33.6 Å². The molecule has 0 saturated heterocycles. The highest BCUT2D eigenvalue weighted by molar-refractivity contribution is 7.89. The zero-order valence-corrected chi connectivity index (χ0v) is 11.3. The van der Waals surface area contributed by atoms with Crippen molar-refractivity contribution in [3.8, 4) is 0 Å². The Hall–Kier alpha value is -0.870. The van der Waals surface area contributed by atoms with E-state index in [4.69, 9.17) is 4.52 Å². The minimum absolute atomic E-state index is 0.0271. The monoisotopic (exact) mass is 266 g/mol. The van der Waals surface area contributed by atoms with Gasteiger partial charge in [0.2, 0.25) is 0 Å². The highest BCUT2D eigenvalue weighted by atomic mass is 31.2. The number of ether oxygens (including phenoxy) is 2. The zero-order valence-electron chi connectivity index (χ0n) is 10.4. The number of hydrogen-bond acceptors (Lipinski definition) is 6. The summed E-state index contributed by atoms with van der Waals surface area (Å²) in [5, 5.41) is 0. The molecule has 0 N–H and O–H groups in total. The summed E-state index contributed by atoms with van der Waals surface area (Å²) in [7, 11) is -4.19. The Bertz CT molecular complexity index is 279.